The minimum atomic E-state index is -4.83. The van der Waals surface area contributed by atoms with Gasteiger partial charge in [0.05, 0.1) is 5.69 Å². The first-order valence-electron chi connectivity index (χ1n) is 14.8. The number of alkyl halides is 3. The zero-order valence-corrected chi connectivity index (χ0v) is 24.5. The summed E-state index contributed by atoms with van der Waals surface area (Å²) in [7, 11) is 0. The lowest BCUT2D eigenvalue weighted by molar-refractivity contribution is -0.141. The predicted molar refractivity (Wildman–Crippen MR) is 160 cm³/mol. The summed E-state index contributed by atoms with van der Waals surface area (Å²) in [5.41, 5.74) is 1.50. The van der Waals surface area contributed by atoms with Crippen LogP contribution in [0.15, 0.2) is 65.2 Å². The Morgan fingerprint density at radius 3 is 2.60 bits per heavy atom. The molecule has 1 fully saturated rings. The molecule has 12 heteroatoms. The molecular formula is C33H31F4N5O3. The monoisotopic (exact) mass is 621 g/mol. The Hall–Kier alpha value is -4.74. The SMILES string of the molecule is CC1CCCN(c2nc(C(F)(F)F)c(C(=O)Cc3ccc(N4CCc5c(cccc5C(=O)Nc5ccccc5F)C4)nc3)o2)C1. The van der Waals surface area contributed by atoms with E-state index in [9.17, 15) is 27.2 Å². The number of amides is 1. The maximum atomic E-state index is 14.1. The fourth-order valence-corrected chi connectivity index (χ4v) is 5.93. The molecule has 1 amide bonds. The number of fused-ring (bicyclic) bond motifs is 1. The molecule has 8 nitrogen and oxygen atoms in total. The number of halogens is 4. The van der Waals surface area contributed by atoms with Gasteiger partial charge in [0.1, 0.15) is 11.6 Å². The number of nitrogens with zero attached hydrogens (tertiary/aromatic N) is 4. The Labute approximate surface area is 257 Å². The fraction of sp³-hybridized carbons (Fsp3) is 0.333. The minimum Gasteiger partial charge on any atom is -0.420 e. The van der Waals surface area contributed by atoms with Crippen molar-refractivity contribution in [2.75, 3.05) is 34.8 Å². The second kappa shape index (κ2) is 12.3. The number of anilines is 3. The molecule has 0 saturated carbocycles. The first kappa shape index (κ1) is 30.3. The van der Waals surface area contributed by atoms with Gasteiger partial charge in [-0.25, -0.2) is 9.37 Å². The summed E-state index contributed by atoms with van der Waals surface area (Å²) in [6.45, 7) is 4.06. The summed E-state index contributed by atoms with van der Waals surface area (Å²) in [4.78, 5) is 37.9. The zero-order valence-electron chi connectivity index (χ0n) is 24.5. The second-order valence-electron chi connectivity index (χ2n) is 11.5. The molecule has 1 saturated heterocycles. The molecule has 2 aliphatic heterocycles. The quantitative estimate of drug-likeness (QED) is 0.181. The van der Waals surface area contributed by atoms with Crippen LogP contribution in [0.4, 0.5) is 35.1 Å². The topological polar surface area (TPSA) is 91.6 Å². The number of aromatic nitrogens is 2. The zero-order chi connectivity index (χ0) is 31.7. The molecule has 2 aromatic heterocycles. The van der Waals surface area contributed by atoms with E-state index in [0.717, 1.165) is 24.0 Å². The normalized spacial score (nSPS) is 16.8. The number of pyridine rings is 1. The van der Waals surface area contributed by atoms with E-state index >= 15 is 0 Å². The van der Waals surface area contributed by atoms with Crippen molar-refractivity contribution in [3.8, 4) is 0 Å². The molecule has 45 heavy (non-hydrogen) atoms. The molecule has 6 rings (SSSR count). The maximum absolute atomic E-state index is 14.1. The van der Waals surface area contributed by atoms with Gasteiger partial charge in [0.15, 0.2) is 5.69 Å². The summed E-state index contributed by atoms with van der Waals surface area (Å²) >= 11 is 0. The van der Waals surface area contributed by atoms with Gasteiger partial charge in [-0.2, -0.15) is 18.2 Å². The molecule has 1 unspecified atom stereocenters. The first-order chi connectivity index (χ1) is 21.6. The number of oxazole rings is 1. The summed E-state index contributed by atoms with van der Waals surface area (Å²) in [6, 6.07) is 14.6. The number of para-hydroxylation sites is 1. The highest BCUT2D eigenvalue weighted by molar-refractivity contribution is 6.05. The van der Waals surface area contributed by atoms with Gasteiger partial charge < -0.3 is 19.5 Å². The lowest BCUT2D eigenvalue weighted by Gasteiger charge is -2.31. The highest BCUT2D eigenvalue weighted by Crippen LogP contribution is 2.36. The van der Waals surface area contributed by atoms with Crippen LogP contribution in [-0.2, 0) is 25.6 Å². The van der Waals surface area contributed by atoms with Gasteiger partial charge in [-0.15, -0.1) is 0 Å². The number of rotatable bonds is 7. The lowest BCUT2D eigenvalue weighted by atomic mass is 9.94. The van der Waals surface area contributed by atoms with Gasteiger partial charge in [0, 0.05) is 44.4 Å². The predicted octanol–water partition coefficient (Wildman–Crippen LogP) is 6.70. The molecule has 2 aromatic carbocycles. The smallest absolute Gasteiger partial charge is 0.420 e. The van der Waals surface area contributed by atoms with E-state index in [-0.39, 0.29) is 24.0 Å². The lowest BCUT2D eigenvalue weighted by Crippen LogP contribution is -2.34. The van der Waals surface area contributed by atoms with Crippen LogP contribution in [0.3, 0.4) is 0 Å². The van der Waals surface area contributed by atoms with Crippen molar-refractivity contribution in [3.63, 3.8) is 0 Å². The van der Waals surface area contributed by atoms with Crippen molar-refractivity contribution in [3.05, 3.63) is 100 Å². The van der Waals surface area contributed by atoms with Crippen molar-refractivity contribution in [1.82, 2.24) is 9.97 Å². The number of hydrogen-bond donors (Lipinski definition) is 1. The van der Waals surface area contributed by atoms with Gasteiger partial charge in [0.25, 0.3) is 11.9 Å². The average molecular weight is 622 g/mol. The third-order valence-electron chi connectivity index (χ3n) is 8.20. The van der Waals surface area contributed by atoms with Crippen molar-refractivity contribution in [2.24, 2.45) is 5.92 Å². The maximum Gasteiger partial charge on any atom is 0.437 e. The molecule has 0 spiro atoms. The largest absolute Gasteiger partial charge is 0.437 e. The molecule has 234 valence electrons. The van der Waals surface area contributed by atoms with Crippen LogP contribution >= 0.6 is 0 Å². The van der Waals surface area contributed by atoms with Crippen LogP contribution in [0.1, 0.15) is 63.1 Å². The van der Waals surface area contributed by atoms with Crippen LogP contribution in [0.25, 0.3) is 0 Å². The number of carbonyl (C=O) groups excluding carboxylic acids is 2. The summed E-state index contributed by atoms with van der Waals surface area (Å²) < 4.78 is 60.9. The Balaban J connectivity index is 1.14. The third-order valence-corrected chi connectivity index (χ3v) is 8.20. The number of benzene rings is 2. The summed E-state index contributed by atoms with van der Waals surface area (Å²) in [5.74, 6) is -1.62. The number of nitrogens with one attached hydrogen (secondary N) is 1. The van der Waals surface area contributed by atoms with Gasteiger partial charge in [-0.05, 0) is 66.1 Å². The molecule has 0 aliphatic carbocycles. The van der Waals surface area contributed by atoms with Crippen molar-refractivity contribution < 1.29 is 31.6 Å². The van der Waals surface area contributed by atoms with E-state index in [4.69, 9.17) is 4.42 Å². The molecule has 0 bridgehead atoms. The Kier molecular flexibility index (Phi) is 8.30. The van der Waals surface area contributed by atoms with E-state index in [1.54, 1.807) is 41.3 Å². The van der Waals surface area contributed by atoms with Gasteiger partial charge in [-0.3, -0.25) is 9.59 Å². The van der Waals surface area contributed by atoms with E-state index in [1.807, 2.05) is 17.9 Å². The standard InChI is InChI=1S/C33H31F4N5O3/c1-20-6-5-14-42(18-20)32-40-30(33(35,36)37)29(45-32)27(43)16-21-11-12-28(38-17-21)41-15-13-23-22(19-41)7-4-8-24(23)31(44)39-26-10-3-2-9-25(26)34/h2-4,7-12,17,20H,5-6,13-16,18-19H2,1H3,(H,39,44). The Bertz CT molecular complexity index is 1720. The van der Waals surface area contributed by atoms with Crippen LogP contribution in [0.2, 0.25) is 0 Å². The molecule has 1 atom stereocenters. The number of hydrogen-bond acceptors (Lipinski definition) is 7. The van der Waals surface area contributed by atoms with Crippen LogP contribution in [-0.4, -0.2) is 41.3 Å². The van der Waals surface area contributed by atoms with E-state index in [1.165, 1.54) is 18.3 Å². The van der Waals surface area contributed by atoms with Gasteiger partial charge >= 0.3 is 6.18 Å². The van der Waals surface area contributed by atoms with Gasteiger partial charge in [-0.1, -0.05) is 37.3 Å². The average Bonchev–Trinajstić information content (AvgIpc) is 3.49. The van der Waals surface area contributed by atoms with Crippen LogP contribution in [0.5, 0.6) is 0 Å². The molecular weight excluding hydrogens is 590 g/mol. The Morgan fingerprint density at radius 2 is 1.87 bits per heavy atom. The van der Waals surface area contributed by atoms with Crippen molar-refractivity contribution >= 4 is 29.2 Å². The van der Waals surface area contributed by atoms with E-state index in [0.29, 0.717) is 49.5 Å². The Morgan fingerprint density at radius 1 is 1.04 bits per heavy atom. The minimum absolute atomic E-state index is 0.107. The van der Waals surface area contributed by atoms with Crippen LogP contribution < -0.4 is 15.1 Å². The summed E-state index contributed by atoms with van der Waals surface area (Å²) in [6.07, 6.45) is -1.37. The number of piperidine rings is 1. The molecule has 1 N–H and O–H groups in total. The second-order valence-corrected chi connectivity index (χ2v) is 11.5. The van der Waals surface area contributed by atoms with Crippen molar-refractivity contribution in [2.45, 2.75) is 45.3 Å². The van der Waals surface area contributed by atoms with E-state index in [2.05, 4.69) is 15.3 Å². The van der Waals surface area contributed by atoms with Crippen molar-refractivity contribution in [1.29, 1.82) is 0 Å². The summed E-state index contributed by atoms with van der Waals surface area (Å²) in [5, 5.41) is 2.64. The van der Waals surface area contributed by atoms with E-state index < -0.39 is 35.1 Å². The number of ketones is 1. The molecule has 4 aromatic rings. The highest BCUT2D eigenvalue weighted by Gasteiger charge is 2.42. The number of carbonyl (C=O) groups is 2. The molecule has 0 radical (unpaired) electrons. The fourth-order valence-electron chi connectivity index (χ4n) is 5.93. The highest BCUT2D eigenvalue weighted by atomic mass is 19.4. The molecule has 4 heterocycles. The molecule has 2 aliphatic rings. The first-order valence-corrected chi connectivity index (χ1v) is 14.8. The van der Waals surface area contributed by atoms with Gasteiger partial charge in [0.2, 0.25) is 11.5 Å². The number of Topliss-reactive ketones (excluding diaryl/α,β-unsaturated/α-hetero) is 1. The third kappa shape index (κ3) is 6.54. The van der Waals surface area contributed by atoms with Crippen LogP contribution in [0, 0.1) is 11.7 Å².